The van der Waals surface area contributed by atoms with Gasteiger partial charge in [0.1, 0.15) is 11.5 Å². The smallest absolute Gasteiger partial charge is 0.231 e. The summed E-state index contributed by atoms with van der Waals surface area (Å²) in [5.74, 6) is 1.96. The average Bonchev–Trinajstić information content (AvgIpc) is 3.07. The van der Waals surface area contributed by atoms with Crippen LogP contribution < -0.4 is 5.32 Å². The van der Waals surface area contributed by atoms with Crippen molar-refractivity contribution < 1.29 is 13.7 Å². The van der Waals surface area contributed by atoms with Gasteiger partial charge in [0, 0.05) is 11.6 Å². The molecule has 22 heavy (non-hydrogen) atoms. The van der Waals surface area contributed by atoms with Crippen LogP contribution in [0.15, 0.2) is 45.3 Å². The molecule has 1 aromatic carbocycles. The van der Waals surface area contributed by atoms with Crippen LogP contribution >= 0.6 is 0 Å². The molecule has 0 aliphatic heterocycles. The lowest BCUT2D eigenvalue weighted by Gasteiger charge is -1.98. The van der Waals surface area contributed by atoms with E-state index in [0.29, 0.717) is 28.9 Å². The van der Waals surface area contributed by atoms with E-state index in [4.69, 9.17) is 8.94 Å². The molecule has 2 aromatic heterocycles. The molecule has 0 unspecified atom stereocenters. The first-order valence-electron chi connectivity index (χ1n) is 6.87. The van der Waals surface area contributed by atoms with Gasteiger partial charge >= 0.3 is 0 Å². The number of rotatable bonds is 4. The number of anilines is 1. The zero-order chi connectivity index (χ0) is 15.5. The summed E-state index contributed by atoms with van der Waals surface area (Å²) in [5.41, 5.74) is 1.49. The Morgan fingerprint density at radius 2 is 2.00 bits per heavy atom. The Bertz CT molecular complexity index is 790. The number of hydrogen-bond donors (Lipinski definition) is 1. The van der Waals surface area contributed by atoms with Gasteiger partial charge in [0.25, 0.3) is 0 Å². The third kappa shape index (κ3) is 3.06. The number of benzene rings is 1. The third-order valence-electron chi connectivity index (χ3n) is 3.14. The Hall–Kier alpha value is -2.89. The molecule has 1 amide bonds. The van der Waals surface area contributed by atoms with Gasteiger partial charge in [-0.25, -0.2) is 4.98 Å². The Balaban J connectivity index is 1.73. The van der Waals surface area contributed by atoms with E-state index in [-0.39, 0.29) is 12.3 Å². The van der Waals surface area contributed by atoms with Crippen molar-refractivity contribution in [3.05, 3.63) is 53.6 Å². The molecule has 0 spiro atoms. The highest BCUT2D eigenvalue weighted by molar-refractivity contribution is 5.91. The van der Waals surface area contributed by atoms with Crippen LogP contribution in [0.25, 0.3) is 11.5 Å². The van der Waals surface area contributed by atoms with Gasteiger partial charge in [-0.05, 0) is 26.0 Å². The molecule has 0 bridgehead atoms. The Morgan fingerprint density at radius 1 is 1.23 bits per heavy atom. The van der Waals surface area contributed by atoms with Crippen molar-refractivity contribution in [2.45, 2.75) is 20.3 Å². The highest BCUT2D eigenvalue weighted by atomic mass is 16.5. The molecule has 0 radical (unpaired) electrons. The highest BCUT2D eigenvalue weighted by Crippen LogP contribution is 2.21. The summed E-state index contributed by atoms with van der Waals surface area (Å²) < 4.78 is 10.5. The van der Waals surface area contributed by atoms with E-state index in [0.717, 1.165) is 5.56 Å². The van der Waals surface area contributed by atoms with E-state index >= 15 is 0 Å². The van der Waals surface area contributed by atoms with Gasteiger partial charge in [0.15, 0.2) is 5.82 Å². The Labute approximate surface area is 127 Å². The summed E-state index contributed by atoms with van der Waals surface area (Å²) in [6, 6.07) is 11.2. The molecule has 3 aromatic rings. The molecule has 1 N–H and O–H groups in total. The number of hydrogen-bond acceptors (Lipinski definition) is 5. The minimum Gasteiger partial charge on any atom is -0.441 e. The van der Waals surface area contributed by atoms with E-state index in [1.54, 1.807) is 19.9 Å². The number of nitrogens with zero attached hydrogens (tertiary/aromatic N) is 2. The van der Waals surface area contributed by atoms with E-state index < -0.39 is 0 Å². The summed E-state index contributed by atoms with van der Waals surface area (Å²) in [6.45, 7) is 3.55. The predicted molar refractivity (Wildman–Crippen MR) is 80.2 cm³/mol. The van der Waals surface area contributed by atoms with Gasteiger partial charge in [-0.1, -0.05) is 23.4 Å². The number of aromatic nitrogens is 2. The minimum atomic E-state index is -0.218. The third-order valence-corrected chi connectivity index (χ3v) is 3.14. The molecule has 3 rings (SSSR count). The van der Waals surface area contributed by atoms with Crippen LogP contribution in [0.4, 0.5) is 5.82 Å². The van der Waals surface area contributed by atoms with Gasteiger partial charge < -0.3 is 14.3 Å². The Morgan fingerprint density at radius 3 is 2.68 bits per heavy atom. The fraction of sp³-hybridized carbons (Fsp3) is 0.188. The summed E-state index contributed by atoms with van der Waals surface area (Å²) in [5, 5.41) is 6.38. The minimum absolute atomic E-state index is 0.119. The van der Waals surface area contributed by atoms with Gasteiger partial charge in [0.05, 0.1) is 12.1 Å². The first-order chi connectivity index (χ1) is 10.6. The maximum atomic E-state index is 12.0. The zero-order valence-corrected chi connectivity index (χ0v) is 12.3. The average molecular weight is 297 g/mol. The van der Waals surface area contributed by atoms with Crippen LogP contribution in [-0.2, 0) is 11.2 Å². The van der Waals surface area contributed by atoms with Crippen LogP contribution in [0.3, 0.4) is 0 Å². The fourth-order valence-electron chi connectivity index (χ4n) is 2.06. The Kier molecular flexibility index (Phi) is 3.74. The number of nitrogens with one attached hydrogen (secondary N) is 1. The molecule has 2 heterocycles. The van der Waals surface area contributed by atoms with Crippen molar-refractivity contribution in [2.75, 3.05) is 5.32 Å². The second-order valence-electron chi connectivity index (χ2n) is 4.94. The molecule has 6 nitrogen and oxygen atoms in total. The zero-order valence-electron chi connectivity index (χ0n) is 12.3. The second kappa shape index (κ2) is 5.85. The van der Waals surface area contributed by atoms with Gasteiger partial charge in [-0.15, -0.1) is 0 Å². The number of aryl methyl sites for hydroxylation is 2. The molecule has 0 saturated heterocycles. The molecule has 0 aliphatic rings. The van der Waals surface area contributed by atoms with Crippen LogP contribution in [0.5, 0.6) is 0 Å². The lowest BCUT2D eigenvalue weighted by molar-refractivity contribution is -0.115. The predicted octanol–water partition coefficient (Wildman–Crippen LogP) is 3.13. The SMILES string of the molecule is Cc1cc(NC(=O)Cc2nc(-c3ccccc3)oc2C)no1. The van der Waals surface area contributed by atoms with Gasteiger partial charge in [-0.3, -0.25) is 4.79 Å². The quantitative estimate of drug-likeness (QED) is 0.800. The monoisotopic (exact) mass is 297 g/mol. The molecule has 6 heteroatoms. The normalized spacial score (nSPS) is 10.6. The molecule has 112 valence electrons. The van der Waals surface area contributed by atoms with E-state index in [1.165, 1.54) is 0 Å². The largest absolute Gasteiger partial charge is 0.441 e. The molecular formula is C16H15N3O3. The van der Waals surface area contributed by atoms with E-state index in [2.05, 4.69) is 15.5 Å². The van der Waals surface area contributed by atoms with Crippen LogP contribution in [0.1, 0.15) is 17.2 Å². The molecule has 0 fully saturated rings. The summed E-state index contributed by atoms with van der Waals surface area (Å²) in [7, 11) is 0. The molecule has 0 atom stereocenters. The number of carbonyl (C=O) groups is 1. The summed E-state index contributed by atoms with van der Waals surface area (Å²) in [6.07, 6.45) is 0.119. The number of amides is 1. The number of oxazole rings is 1. The fourth-order valence-corrected chi connectivity index (χ4v) is 2.06. The van der Waals surface area contributed by atoms with Crippen molar-refractivity contribution in [3.8, 4) is 11.5 Å². The summed E-state index contributed by atoms with van der Waals surface area (Å²) in [4.78, 5) is 16.4. The second-order valence-corrected chi connectivity index (χ2v) is 4.94. The molecular weight excluding hydrogens is 282 g/mol. The first kappa shape index (κ1) is 14.1. The van der Waals surface area contributed by atoms with E-state index in [9.17, 15) is 4.79 Å². The van der Waals surface area contributed by atoms with Crippen LogP contribution in [0, 0.1) is 13.8 Å². The number of carbonyl (C=O) groups excluding carboxylic acids is 1. The van der Waals surface area contributed by atoms with Crippen molar-refractivity contribution in [1.29, 1.82) is 0 Å². The molecule has 0 saturated carbocycles. The van der Waals surface area contributed by atoms with Crippen LogP contribution in [0.2, 0.25) is 0 Å². The van der Waals surface area contributed by atoms with E-state index in [1.807, 2.05) is 30.3 Å². The highest BCUT2D eigenvalue weighted by Gasteiger charge is 2.15. The lowest BCUT2D eigenvalue weighted by atomic mass is 10.2. The van der Waals surface area contributed by atoms with Crippen molar-refractivity contribution in [1.82, 2.24) is 10.1 Å². The van der Waals surface area contributed by atoms with Crippen molar-refractivity contribution in [2.24, 2.45) is 0 Å². The topological polar surface area (TPSA) is 81.2 Å². The van der Waals surface area contributed by atoms with Gasteiger partial charge in [-0.2, -0.15) is 0 Å². The summed E-state index contributed by atoms with van der Waals surface area (Å²) >= 11 is 0. The molecule has 0 aliphatic carbocycles. The lowest BCUT2D eigenvalue weighted by Crippen LogP contribution is -2.15. The van der Waals surface area contributed by atoms with Crippen LogP contribution in [-0.4, -0.2) is 16.0 Å². The maximum absolute atomic E-state index is 12.0. The van der Waals surface area contributed by atoms with Gasteiger partial charge in [0.2, 0.25) is 11.8 Å². The van der Waals surface area contributed by atoms with Crippen molar-refractivity contribution >= 4 is 11.7 Å². The maximum Gasteiger partial charge on any atom is 0.231 e. The standard InChI is InChI=1S/C16H15N3O3/c1-10-8-14(19-22-10)18-15(20)9-13-11(2)21-16(17-13)12-6-4-3-5-7-12/h3-8H,9H2,1-2H3,(H,18,19,20). The van der Waals surface area contributed by atoms with Crippen molar-refractivity contribution in [3.63, 3.8) is 0 Å². The first-order valence-corrected chi connectivity index (χ1v) is 6.87.